The molecule has 0 saturated heterocycles. The lowest BCUT2D eigenvalue weighted by atomic mass is 9.49. The summed E-state index contributed by atoms with van der Waals surface area (Å²) in [4.78, 5) is 14.6. The fourth-order valence-electron chi connectivity index (χ4n) is 8.28. The van der Waals surface area contributed by atoms with Crippen LogP contribution in [0, 0.1) is 47.8 Å². The number of carbonyl (C=O) groups is 1. The second-order valence-corrected chi connectivity index (χ2v) is 11.1. The van der Waals surface area contributed by atoms with E-state index in [0.717, 1.165) is 44.9 Å². The molecule has 31 heavy (non-hydrogen) atoms. The molecule has 0 bridgehead atoms. The molecule has 4 fully saturated rings. The number of rotatable bonds is 4. The molecule has 1 aromatic heterocycles. The number of nitrogens with zero attached hydrogens (tertiary/aromatic N) is 4. The van der Waals surface area contributed by atoms with Crippen molar-refractivity contribution in [2.45, 2.75) is 90.2 Å². The molecule has 4 saturated carbocycles. The van der Waals surface area contributed by atoms with Gasteiger partial charge in [-0.25, -0.2) is 8.78 Å². The number of alkyl halides is 2. The summed E-state index contributed by atoms with van der Waals surface area (Å²) in [5.74, 6) is 3.19. The highest BCUT2D eigenvalue weighted by molar-refractivity contribution is 5.81. The Morgan fingerprint density at radius 3 is 2.61 bits per heavy atom. The van der Waals surface area contributed by atoms with Crippen molar-refractivity contribution < 1.29 is 18.7 Å². The van der Waals surface area contributed by atoms with Crippen molar-refractivity contribution in [3.63, 3.8) is 0 Å². The number of carbonyl (C=O) groups excluding carboxylic acids is 1. The Hall–Kier alpha value is -1.44. The van der Waals surface area contributed by atoms with Gasteiger partial charge in [0.1, 0.15) is 12.1 Å². The quantitative estimate of drug-likeness (QED) is 0.776. The standard InChI is InChI=1S/C23H34F2N4O2/c1-13-26-28-29(27-13)12-20(30)19-6-5-18-17-4-3-14-11-23(31,21(24)25)10-8-15(14)16(17)7-9-22(18,19)2/h14-19,21,31H,3-12H2,1-2H3/t14-,15?,16-,17-,18+,19-,22+,23-/m1/s1. The van der Waals surface area contributed by atoms with Gasteiger partial charge in [-0.2, -0.15) is 4.80 Å². The molecule has 4 aliphatic rings. The van der Waals surface area contributed by atoms with Gasteiger partial charge < -0.3 is 5.11 Å². The number of tetrazole rings is 1. The van der Waals surface area contributed by atoms with Crippen molar-refractivity contribution in [1.82, 2.24) is 20.2 Å². The van der Waals surface area contributed by atoms with Crippen LogP contribution in [0.1, 0.15) is 70.5 Å². The van der Waals surface area contributed by atoms with E-state index < -0.39 is 12.0 Å². The molecule has 172 valence electrons. The number of Topliss-reactive ketones (excluding diaryl/α,β-unsaturated/α-hetero) is 1. The summed E-state index contributed by atoms with van der Waals surface area (Å²) in [6.45, 7) is 4.27. The number of fused-ring (bicyclic) bond motifs is 5. The van der Waals surface area contributed by atoms with Crippen LogP contribution < -0.4 is 0 Å². The van der Waals surface area contributed by atoms with E-state index in [1.54, 1.807) is 6.92 Å². The van der Waals surface area contributed by atoms with Crippen LogP contribution in [0.4, 0.5) is 8.78 Å². The first-order valence-corrected chi connectivity index (χ1v) is 12.0. The molecule has 0 radical (unpaired) electrons. The zero-order chi connectivity index (χ0) is 22.0. The van der Waals surface area contributed by atoms with Crippen molar-refractivity contribution in [3.05, 3.63) is 5.82 Å². The third-order valence-corrected chi connectivity index (χ3v) is 9.69. The minimum absolute atomic E-state index is 0.0130. The van der Waals surface area contributed by atoms with Gasteiger partial charge in [0.05, 0.1) is 0 Å². The third kappa shape index (κ3) is 3.44. The zero-order valence-corrected chi connectivity index (χ0v) is 18.5. The van der Waals surface area contributed by atoms with Gasteiger partial charge in [0.25, 0.3) is 6.43 Å². The van der Waals surface area contributed by atoms with Gasteiger partial charge in [-0.05, 0) is 105 Å². The van der Waals surface area contributed by atoms with E-state index in [1.165, 1.54) is 4.80 Å². The molecule has 0 aromatic carbocycles. The van der Waals surface area contributed by atoms with Gasteiger partial charge in [-0.3, -0.25) is 4.79 Å². The normalized spacial score (nSPS) is 44.6. The summed E-state index contributed by atoms with van der Waals surface area (Å²) >= 11 is 0. The van der Waals surface area contributed by atoms with E-state index in [9.17, 15) is 18.7 Å². The molecule has 6 nitrogen and oxygen atoms in total. The van der Waals surface area contributed by atoms with Crippen molar-refractivity contribution in [1.29, 1.82) is 0 Å². The van der Waals surface area contributed by atoms with Crippen molar-refractivity contribution in [3.8, 4) is 0 Å². The molecular formula is C23H34F2N4O2. The van der Waals surface area contributed by atoms with Gasteiger partial charge in [-0.15, -0.1) is 10.2 Å². The van der Waals surface area contributed by atoms with Crippen molar-refractivity contribution in [2.24, 2.45) is 40.9 Å². The van der Waals surface area contributed by atoms with E-state index in [2.05, 4.69) is 22.3 Å². The molecule has 1 N–H and O–H groups in total. The Morgan fingerprint density at radius 1 is 1.13 bits per heavy atom. The van der Waals surface area contributed by atoms with E-state index >= 15 is 0 Å². The van der Waals surface area contributed by atoms with Crippen LogP contribution >= 0.6 is 0 Å². The SMILES string of the molecule is Cc1nnn(CC(=O)[C@H]2CC[C@H]3[C@@H]4CC[C@@H]5C[C@@](O)(C(F)F)CCC5[C@H]4CC[C@]23C)n1. The number of aliphatic hydroxyl groups is 1. The lowest BCUT2D eigenvalue weighted by molar-refractivity contribution is -0.160. The highest BCUT2D eigenvalue weighted by atomic mass is 19.3. The molecule has 1 aromatic rings. The summed E-state index contributed by atoms with van der Waals surface area (Å²) in [7, 11) is 0. The average molecular weight is 437 g/mol. The van der Waals surface area contributed by atoms with E-state index in [1.807, 2.05) is 0 Å². The topological polar surface area (TPSA) is 80.9 Å². The van der Waals surface area contributed by atoms with Gasteiger partial charge in [0.2, 0.25) is 0 Å². The molecule has 8 atom stereocenters. The first-order chi connectivity index (χ1) is 14.7. The van der Waals surface area contributed by atoms with Crippen LogP contribution in [0.2, 0.25) is 0 Å². The van der Waals surface area contributed by atoms with Gasteiger partial charge in [0, 0.05) is 5.92 Å². The van der Waals surface area contributed by atoms with Gasteiger partial charge in [-0.1, -0.05) is 6.92 Å². The average Bonchev–Trinajstić information content (AvgIpc) is 3.29. The second-order valence-electron chi connectivity index (χ2n) is 11.1. The molecule has 5 rings (SSSR count). The highest BCUT2D eigenvalue weighted by Crippen LogP contribution is 2.64. The third-order valence-electron chi connectivity index (χ3n) is 9.69. The molecule has 0 aliphatic heterocycles. The minimum Gasteiger partial charge on any atom is -0.384 e. The summed E-state index contributed by atoms with van der Waals surface area (Å²) in [5, 5.41) is 22.4. The summed E-state index contributed by atoms with van der Waals surface area (Å²) < 4.78 is 26.8. The summed E-state index contributed by atoms with van der Waals surface area (Å²) in [5.41, 5.74) is -1.77. The molecule has 4 aliphatic carbocycles. The number of halogens is 2. The maximum absolute atomic E-state index is 13.4. The summed E-state index contributed by atoms with van der Waals surface area (Å²) in [6.07, 6.45) is 4.66. The Bertz CT molecular complexity index is 847. The van der Waals surface area contributed by atoms with Gasteiger partial charge >= 0.3 is 0 Å². The van der Waals surface area contributed by atoms with Crippen LogP contribution in [0.3, 0.4) is 0 Å². The van der Waals surface area contributed by atoms with E-state index in [-0.39, 0.29) is 42.4 Å². The largest absolute Gasteiger partial charge is 0.384 e. The van der Waals surface area contributed by atoms with E-state index in [4.69, 9.17) is 0 Å². The number of aromatic nitrogens is 4. The smallest absolute Gasteiger partial charge is 0.266 e. The maximum atomic E-state index is 13.4. The van der Waals surface area contributed by atoms with Crippen LogP contribution in [-0.4, -0.2) is 43.1 Å². The zero-order valence-electron chi connectivity index (χ0n) is 18.5. The minimum atomic E-state index is -2.65. The molecule has 1 heterocycles. The van der Waals surface area contributed by atoms with Gasteiger partial charge in [0.15, 0.2) is 11.6 Å². The lowest BCUT2D eigenvalue weighted by Gasteiger charge is -2.57. The van der Waals surface area contributed by atoms with Crippen molar-refractivity contribution in [2.75, 3.05) is 0 Å². The van der Waals surface area contributed by atoms with Crippen LogP contribution in [0.15, 0.2) is 0 Å². The monoisotopic (exact) mass is 436 g/mol. The number of aryl methyl sites for hydroxylation is 1. The van der Waals surface area contributed by atoms with Crippen LogP contribution in [0.5, 0.6) is 0 Å². The molecule has 0 amide bonds. The van der Waals surface area contributed by atoms with Crippen molar-refractivity contribution >= 4 is 5.78 Å². The Morgan fingerprint density at radius 2 is 1.90 bits per heavy atom. The summed E-state index contributed by atoms with van der Waals surface area (Å²) in [6, 6.07) is 0. The Kier molecular flexibility index (Phi) is 5.22. The molecule has 0 spiro atoms. The molecule has 8 heteroatoms. The lowest BCUT2D eigenvalue weighted by Crippen LogP contribution is -2.53. The predicted molar refractivity (Wildman–Crippen MR) is 109 cm³/mol. The Labute approximate surface area is 182 Å². The second kappa shape index (κ2) is 7.56. The fourth-order valence-corrected chi connectivity index (χ4v) is 8.28. The number of ketones is 1. The Balaban J connectivity index is 1.30. The first-order valence-electron chi connectivity index (χ1n) is 12.0. The first kappa shape index (κ1) is 21.4. The fraction of sp³-hybridized carbons (Fsp3) is 0.913. The number of hydrogen-bond acceptors (Lipinski definition) is 5. The highest BCUT2D eigenvalue weighted by Gasteiger charge is 2.59. The predicted octanol–water partition coefficient (Wildman–Crippen LogP) is 3.82. The molecule has 1 unspecified atom stereocenters. The van der Waals surface area contributed by atoms with E-state index in [0.29, 0.717) is 29.5 Å². The molecular weight excluding hydrogens is 402 g/mol. The van der Waals surface area contributed by atoms with Crippen LogP contribution in [0.25, 0.3) is 0 Å². The maximum Gasteiger partial charge on any atom is 0.266 e. The number of hydrogen-bond donors (Lipinski definition) is 1. The van der Waals surface area contributed by atoms with Crippen LogP contribution in [-0.2, 0) is 11.3 Å².